The number of aliphatic hydroxyl groups excluding tert-OH is 2. The van der Waals surface area contributed by atoms with E-state index in [-0.39, 0.29) is 13.0 Å². The van der Waals surface area contributed by atoms with Gasteiger partial charge in [-0.1, -0.05) is 19.6 Å². The van der Waals surface area contributed by atoms with Crippen LogP contribution in [0.2, 0.25) is 25.7 Å². The van der Waals surface area contributed by atoms with Crippen molar-refractivity contribution in [3.8, 4) is 0 Å². The van der Waals surface area contributed by atoms with Gasteiger partial charge in [-0.25, -0.2) is 9.59 Å². The maximum Gasteiger partial charge on any atom is 0.410 e. The van der Waals surface area contributed by atoms with Gasteiger partial charge in [0.05, 0.1) is 19.8 Å². The van der Waals surface area contributed by atoms with Gasteiger partial charge in [-0.15, -0.1) is 0 Å². The van der Waals surface area contributed by atoms with Crippen molar-refractivity contribution < 1.29 is 34.0 Å². The van der Waals surface area contributed by atoms with E-state index < -0.39 is 50.7 Å². The number of ether oxygens (including phenoxy) is 3. The molecule has 2 fully saturated rings. The molecule has 2 N–H and O–H groups in total. The Morgan fingerprint density at radius 1 is 1.26 bits per heavy atom. The number of aliphatic hydroxyl groups is 2. The van der Waals surface area contributed by atoms with Crippen molar-refractivity contribution in [1.29, 1.82) is 0 Å². The molecule has 2 unspecified atom stereocenters. The lowest BCUT2D eigenvalue weighted by Crippen LogP contribution is -2.49. The highest BCUT2D eigenvalue weighted by molar-refractivity contribution is 6.76. The Kier molecular flexibility index (Phi) is 5.34. The molecule has 2 bridgehead atoms. The first-order chi connectivity index (χ1) is 10.7. The van der Waals surface area contributed by atoms with Crippen LogP contribution in [0, 0.1) is 5.92 Å². The first-order valence-electron chi connectivity index (χ1n) is 7.70. The molecule has 0 spiro atoms. The molecule has 2 saturated heterocycles. The molecule has 0 aromatic rings. The van der Waals surface area contributed by atoms with Crippen LogP contribution >= 0.6 is 0 Å². The molecule has 0 aromatic carbocycles. The van der Waals surface area contributed by atoms with Crippen LogP contribution in [0.25, 0.3) is 0 Å². The third kappa shape index (κ3) is 3.85. The lowest BCUT2D eigenvalue weighted by atomic mass is 9.96. The van der Waals surface area contributed by atoms with Crippen LogP contribution in [0.4, 0.5) is 4.79 Å². The molecule has 1 amide bonds. The topological polar surface area (TPSA) is 106 Å². The number of hydrogen-bond acceptors (Lipinski definition) is 7. The van der Waals surface area contributed by atoms with Crippen LogP contribution in [0.15, 0.2) is 0 Å². The molecule has 2 rings (SSSR count). The quantitative estimate of drug-likeness (QED) is 0.559. The number of rotatable bonds is 4. The lowest BCUT2D eigenvalue weighted by Gasteiger charge is -2.30. The predicted molar refractivity (Wildman–Crippen MR) is 82.1 cm³/mol. The summed E-state index contributed by atoms with van der Waals surface area (Å²) in [5.74, 6) is -1.29. The number of hydrogen-bond donors (Lipinski definition) is 2. The van der Waals surface area contributed by atoms with E-state index in [0.717, 1.165) is 10.9 Å². The third-order valence-corrected chi connectivity index (χ3v) is 5.99. The van der Waals surface area contributed by atoms with Crippen molar-refractivity contribution in [3.05, 3.63) is 0 Å². The molecular formula is C14H25NO7Si. The first kappa shape index (κ1) is 18.2. The minimum Gasteiger partial charge on any atom is -0.467 e. The lowest BCUT2D eigenvalue weighted by molar-refractivity contribution is -0.252. The molecule has 0 saturated carbocycles. The summed E-state index contributed by atoms with van der Waals surface area (Å²) in [5, 5.41) is 19.8. The molecule has 2 aliphatic rings. The van der Waals surface area contributed by atoms with Gasteiger partial charge >= 0.3 is 12.1 Å². The second kappa shape index (κ2) is 6.76. The molecule has 8 nitrogen and oxygen atoms in total. The minimum absolute atomic E-state index is 0.255. The Morgan fingerprint density at radius 3 is 2.48 bits per heavy atom. The van der Waals surface area contributed by atoms with Gasteiger partial charge in [-0.05, 0) is 12.5 Å². The average Bonchev–Trinajstić information content (AvgIpc) is 2.80. The van der Waals surface area contributed by atoms with Gasteiger partial charge in [0, 0.05) is 14.0 Å². The van der Waals surface area contributed by atoms with Crippen LogP contribution in [0.1, 0.15) is 6.42 Å². The van der Waals surface area contributed by atoms with Crippen LogP contribution in [-0.4, -0.2) is 73.6 Å². The van der Waals surface area contributed by atoms with E-state index in [2.05, 4.69) is 19.6 Å². The SMILES string of the molecule is COC(=O)[C@H]1[C@H]2C[C@H](C(O)OC2O)N1C(=O)OCC[Si](C)(C)C. The highest BCUT2D eigenvalue weighted by Gasteiger charge is 2.58. The maximum absolute atomic E-state index is 12.4. The first-order valence-corrected chi connectivity index (χ1v) is 11.4. The van der Waals surface area contributed by atoms with Crippen molar-refractivity contribution >= 4 is 20.1 Å². The average molecular weight is 347 g/mol. The van der Waals surface area contributed by atoms with Crippen molar-refractivity contribution in [2.75, 3.05) is 13.7 Å². The molecule has 0 radical (unpaired) electrons. The Labute approximate surface area is 136 Å². The van der Waals surface area contributed by atoms with E-state index in [1.54, 1.807) is 0 Å². The molecule has 2 heterocycles. The Balaban J connectivity index is 2.13. The van der Waals surface area contributed by atoms with Gasteiger partial charge in [-0.3, -0.25) is 4.90 Å². The number of carbonyl (C=O) groups is 2. The van der Waals surface area contributed by atoms with Gasteiger partial charge < -0.3 is 24.4 Å². The fourth-order valence-electron chi connectivity index (χ4n) is 2.97. The summed E-state index contributed by atoms with van der Waals surface area (Å²) in [4.78, 5) is 25.6. The second-order valence-corrected chi connectivity index (χ2v) is 12.8. The largest absolute Gasteiger partial charge is 0.467 e. The summed E-state index contributed by atoms with van der Waals surface area (Å²) in [5.41, 5.74) is 0. The summed E-state index contributed by atoms with van der Waals surface area (Å²) in [6, 6.07) is -0.950. The highest BCUT2D eigenvalue weighted by atomic mass is 28.3. The smallest absolute Gasteiger partial charge is 0.410 e. The molecule has 0 aliphatic carbocycles. The van der Waals surface area contributed by atoms with Gasteiger partial charge in [0.15, 0.2) is 12.6 Å². The molecule has 2 aliphatic heterocycles. The van der Waals surface area contributed by atoms with Crippen LogP contribution < -0.4 is 0 Å². The number of esters is 1. The van der Waals surface area contributed by atoms with E-state index in [4.69, 9.17) is 14.2 Å². The maximum atomic E-state index is 12.4. The van der Waals surface area contributed by atoms with Crippen LogP contribution in [-0.2, 0) is 19.0 Å². The summed E-state index contributed by atoms with van der Waals surface area (Å²) in [7, 11) is -0.150. The van der Waals surface area contributed by atoms with Crippen molar-refractivity contribution in [2.24, 2.45) is 5.92 Å². The highest BCUT2D eigenvalue weighted by Crippen LogP contribution is 2.40. The normalized spacial score (nSPS) is 33.5. The monoisotopic (exact) mass is 347 g/mol. The second-order valence-electron chi connectivity index (χ2n) is 7.18. The Hall–Kier alpha value is -1.16. The minimum atomic E-state index is -1.36. The van der Waals surface area contributed by atoms with E-state index in [9.17, 15) is 19.8 Å². The third-order valence-electron chi connectivity index (χ3n) is 4.28. The van der Waals surface area contributed by atoms with Crippen LogP contribution in [0.5, 0.6) is 0 Å². The van der Waals surface area contributed by atoms with Crippen molar-refractivity contribution in [1.82, 2.24) is 4.90 Å². The summed E-state index contributed by atoms with van der Waals surface area (Å²) in [6.45, 7) is 6.74. The fourth-order valence-corrected chi connectivity index (χ4v) is 3.69. The Bertz CT molecular complexity index is 467. The summed E-state index contributed by atoms with van der Waals surface area (Å²) in [6.07, 6.45) is -3.13. The standard InChI is InChI=1S/C14H25NO7Si/c1-20-13(18)10-8-7-9(12(17)22-11(8)16)15(10)14(19)21-5-6-23(2,3)4/h8-12,16-17H,5-7H2,1-4H3/t8-,9-,10-,11?,12?/m1/s1. The van der Waals surface area contributed by atoms with E-state index in [1.165, 1.54) is 7.11 Å². The number of fused-ring (bicyclic) bond motifs is 2. The van der Waals surface area contributed by atoms with Gasteiger partial charge in [0.2, 0.25) is 0 Å². The number of nitrogens with zero attached hydrogens (tertiary/aromatic N) is 1. The van der Waals surface area contributed by atoms with E-state index in [1.807, 2.05) is 0 Å². The molecule has 0 aromatic heterocycles. The van der Waals surface area contributed by atoms with Gasteiger partial charge in [-0.2, -0.15) is 0 Å². The van der Waals surface area contributed by atoms with Crippen molar-refractivity contribution in [3.63, 3.8) is 0 Å². The molecule has 5 atom stereocenters. The zero-order valence-electron chi connectivity index (χ0n) is 13.9. The number of methoxy groups -OCH3 is 1. The Morgan fingerprint density at radius 2 is 1.91 bits per heavy atom. The number of likely N-dealkylation sites (tertiary alicyclic amines) is 1. The van der Waals surface area contributed by atoms with Crippen LogP contribution in [0.3, 0.4) is 0 Å². The zero-order valence-corrected chi connectivity index (χ0v) is 14.9. The predicted octanol–water partition coefficient (Wildman–Crippen LogP) is 0.360. The number of carbonyl (C=O) groups excluding carboxylic acids is 2. The van der Waals surface area contributed by atoms with Crippen molar-refractivity contribution in [2.45, 2.75) is 56.8 Å². The van der Waals surface area contributed by atoms with E-state index >= 15 is 0 Å². The fraction of sp³-hybridized carbons (Fsp3) is 0.857. The van der Waals surface area contributed by atoms with Gasteiger partial charge in [0.25, 0.3) is 0 Å². The van der Waals surface area contributed by atoms with Gasteiger partial charge in [0.1, 0.15) is 6.04 Å². The molecule has 132 valence electrons. The summed E-state index contributed by atoms with van der Waals surface area (Å²) < 4.78 is 15.0. The number of amides is 1. The molecule has 23 heavy (non-hydrogen) atoms. The molecule has 9 heteroatoms. The van der Waals surface area contributed by atoms with E-state index in [0.29, 0.717) is 0 Å². The molecular weight excluding hydrogens is 322 g/mol. The summed E-state index contributed by atoms with van der Waals surface area (Å²) >= 11 is 0. The zero-order chi connectivity index (χ0) is 17.4.